The largest absolute Gasteiger partial charge is 0.493 e. The number of rotatable bonds is 7. The summed E-state index contributed by atoms with van der Waals surface area (Å²) in [6.45, 7) is 2.70. The van der Waals surface area contributed by atoms with Crippen molar-refractivity contribution in [2.45, 2.75) is 26.2 Å². The second-order valence-corrected chi connectivity index (χ2v) is 4.14. The predicted octanol–water partition coefficient (Wildman–Crippen LogP) is 3.73. The van der Waals surface area contributed by atoms with Crippen molar-refractivity contribution in [1.29, 1.82) is 0 Å². The third-order valence-electron chi connectivity index (χ3n) is 2.39. The molecule has 0 aliphatic rings. The molecular formula is C13H17ClO3. The molecule has 0 heterocycles. The summed E-state index contributed by atoms with van der Waals surface area (Å²) in [7, 11) is 1.53. The minimum Gasteiger partial charge on any atom is -0.493 e. The van der Waals surface area contributed by atoms with Crippen LogP contribution in [0, 0.1) is 0 Å². The Balaban J connectivity index is 2.83. The molecule has 0 aliphatic carbocycles. The molecule has 0 radical (unpaired) electrons. The van der Waals surface area contributed by atoms with Crippen LogP contribution in [0.1, 0.15) is 36.5 Å². The molecule has 17 heavy (non-hydrogen) atoms. The highest BCUT2D eigenvalue weighted by molar-refractivity contribution is 6.31. The molecule has 1 aromatic carbocycles. The highest BCUT2D eigenvalue weighted by Crippen LogP contribution is 2.33. The van der Waals surface area contributed by atoms with Crippen molar-refractivity contribution >= 4 is 17.9 Å². The number of halogens is 1. The number of hydrogen-bond donors (Lipinski definition) is 0. The van der Waals surface area contributed by atoms with Crippen LogP contribution >= 0.6 is 11.6 Å². The molecule has 3 nitrogen and oxygen atoms in total. The van der Waals surface area contributed by atoms with Gasteiger partial charge in [0.2, 0.25) is 0 Å². The zero-order valence-electron chi connectivity index (χ0n) is 10.2. The van der Waals surface area contributed by atoms with Gasteiger partial charge in [-0.1, -0.05) is 31.4 Å². The summed E-state index contributed by atoms with van der Waals surface area (Å²) in [5.41, 5.74) is 0.422. The molecule has 0 spiro atoms. The van der Waals surface area contributed by atoms with Crippen LogP contribution in [0.15, 0.2) is 12.1 Å². The van der Waals surface area contributed by atoms with Gasteiger partial charge in [-0.05, 0) is 12.5 Å². The number of hydrogen-bond acceptors (Lipinski definition) is 3. The van der Waals surface area contributed by atoms with Crippen LogP contribution in [0.25, 0.3) is 0 Å². The van der Waals surface area contributed by atoms with E-state index in [1.807, 2.05) is 0 Å². The Kier molecular flexibility index (Phi) is 5.84. The highest BCUT2D eigenvalue weighted by Gasteiger charge is 2.12. The molecule has 0 saturated heterocycles. The van der Waals surface area contributed by atoms with E-state index < -0.39 is 0 Å². The van der Waals surface area contributed by atoms with Gasteiger partial charge in [-0.2, -0.15) is 0 Å². The fourth-order valence-corrected chi connectivity index (χ4v) is 1.73. The maximum absolute atomic E-state index is 10.9. The van der Waals surface area contributed by atoms with E-state index in [-0.39, 0.29) is 0 Å². The Morgan fingerprint density at radius 2 is 2.12 bits per heavy atom. The summed E-state index contributed by atoms with van der Waals surface area (Å²) in [5, 5.41) is 0.463. The fourth-order valence-electron chi connectivity index (χ4n) is 1.51. The minimum absolute atomic E-state index is 0.422. The fraction of sp³-hybridized carbons (Fsp3) is 0.462. The van der Waals surface area contributed by atoms with Gasteiger partial charge in [-0.25, -0.2) is 0 Å². The molecule has 0 aliphatic heterocycles. The zero-order valence-corrected chi connectivity index (χ0v) is 10.9. The molecule has 1 aromatic rings. The lowest BCUT2D eigenvalue weighted by Gasteiger charge is -2.13. The maximum atomic E-state index is 10.9. The van der Waals surface area contributed by atoms with Crippen LogP contribution in [0.4, 0.5) is 0 Å². The normalized spacial score (nSPS) is 10.1. The number of benzene rings is 1. The van der Waals surface area contributed by atoms with E-state index >= 15 is 0 Å². The maximum Gasteiger partial charge on any atom is 0.171 e. The Hall–Kier alpha value is -1.22. The van der Waals surface area contributed by atoms with Crippen LogP contribution in [0.3, 0.4) is 0 Å². The van der Waals surface area contributed by atoms with Crippen molar-refractivity contribution in [1.82, 2.24) is 0 Å². The molecule has 0 bridgehead atoms. The topological polar surface area (TPSA) is 35.5 Å². The summed E-state index contributed by atoms with van der Waals surface area (Å²) >= 11 is 5.87. The van der Waals surface area contributed by atoms with Gasteiger partial charge in [0.25, 0.3) is 0 Å². The number of carbonyl (C=O) groups is 1. The lowest BCUT2D eigenvalue weighted by molar-refractivity contribution is 0.111. The average Bonchev–Trinajstić information content (AvgIpc) is 2.35. The van der Waals surface area contributed by atoms with Gasteiger partial charge in [-0.3, -0.25) is 4.79 Å². The molecule has 0 aromatic heterocycles. The molecule has 0 fully saturated rings. The van der Waals surface area contributed by atoms with Crippen molar-refractivity contribution < 1.29 is 14.3 Å². The van der Waals surface area contributed by atoms with Gasteiger partial charge >= 0.3 is 0 Å². The van der Waals surface area contributed by atoms with Gasteiger partial charge in [-0.15, -0.1) is 0 Å². The van der Waals surface area contributed by atoms with Gasteiger partial charge in [0.15, 0.2) is 17.8 Å². The van der Waals surface area contributed by atoms with Gasteiger partial charge in [0.05, 0.1) is 19.3 Å². The first kappa shape index (κ1) is 13.8. The third kappa shape index (κ3) is 3.93. The molecule has 0 N–H and O–H groups in total. The zero-order chi connectivity index (χ0) is 12.7. The van der Waals surface area contributed by atoms with Crippen LogP contribution in [-0.2, 0) is 0 Å². The van der Waals surface area contributed by atoms with Crippen molar-refractivity contribution in [2.24, 2.45) is 0 Å². The summed E-state index contributed by atoms with van der Waals surface area (Å²) in [4.78, 5) is 10.9. The first-order valence-corrected chi connectivity index (χ1v) is 6.06. The van der Waals surface area contributed by atoms with E-state index in [4.69, 9.17) is 21.1 Å². The van der Waals surface area contributed by atoms with Crippen LogP contribution in [0.2, 0.25) is 5.02 Å². The Morgan fingerprint density at radius 1 is 1.35 bits per heavy atom. The quantitative estimate of drug-likeness (QED) is 0.551. The van der Waals surface area contributed by atoms with Crippen LogP contribution in [-0.4, -0.2) is 20.0 Å². The van der Waals surface area contributed by atoms with Gasteiger partial charge in [0.1, 0.15) is 0 Å². The Bertz CT molecular complexity index is 377. The molecule has 4 heteroatoms. The standard InChI is InChI=1S/C13H17ClO3/c1-3-4-5-6-17-13-10(9-15)7-11(14)8-12(13)16-2/h7-9H,3-6H2,1-2H3. The lowest BCUT2D eigenvalue weighted by Crippen LogP contribution is -2.02. The SMILES string of the molecule is CCCCCOc1c(C=O)cc(Cl)cc1OC. The molecule has 0 atom stereocenters. The monoisotopic (exact) mass is 256 g/mol. The van der Waals surface area contributed by atoms with Crippen LogP contribution < -0.4 is 9.47 Å². The molecule has 94 valence electrons. The van der Waals surface area contributed by atoms with Gasteiger partial charge in [0, 0.05) is 11.1 Å². The highest BCUT2D eigenvalue weighted by atomic mass is 35.5. The molecule has 0 unspecified atom stereocenters. The molecule has 1 rings (SSSR count). The summed E-state index contributed by atoms with van der Waals surface area (Å²) in [6, 6.07) is 3.22. The first-order chi connectivity index (χ1) is 8.22. The van der Waals surface area contributed by atoms with Crippen LogP contribution in [0.5, 0.6) is 11.5 Å². The predicted molar refractivity (Wildman–Crippen MR) is 68.4 cm³/mol. The van der Waals surface area contributed by atoms with Crippen molar-refractivity contribution in [2.75, 3.05) is 13.7 Å². The van der Waals surface area contributed by atoms with E-state index in [0.717, 1.165) is 25.5 Å². The summed E-state index contributed by atoms with van der Waals surface area (Å²) < 4.78 is 10.7. The Labute approximate surface area is 107 Å². The van der Waals surface area contributed by atoms with Crippen molar-refractivity contribution in [3.8, 4) is 11.5 Å². The number of carbonyl (C=O) groups excluding carboxylic acids is 1. The minimum atomic E-state index is 0.422. The second kappa shape index (κ2) is 7.17. The average molecular weight is 257 g/mol. The van der Waals surface area contributed by atoms with E-state index in [2.05, 4.69) is 6.92 Å². The number of ether oxygens (including phenoxy) is 2. The molecular weight excluding hydrogens is 240 g/mol. The smallest absolute Gasteiger partial charge is 0.171 e. The Morgan fingerprint density at radius 3 is 2.71 bits per heavy atom. The number of methoxy groups -OCH3 is 1. The molecule has 0 amide bonds. The first-order valence-electron chi connectivity index (χ1n) is 5.68. The second-order valence-electron chi connectivity index (χ2n) is 3.70. The third-order valence-corrected chi connectivity index (χ3v) is 2.61. The van der Waals surface area contributed by atoms with E-state index in [0.29, 0.717) is 28.7 Å². The summed E-state index contributed by atoms with van der Waals surface area (Å²) in [5.74, 6) is 0.971. The summed E-state index contributed by atoms with van der Waals surface area (Å²) in [6.07, 6.45) is 3.91. The van der Waals surface area contributed by atoms with Crippen molar-refractivity contribution in [3.05, 3.63) is 22.7 Å². The number of unbranched alkanes of at least 4 members (excludes halogenated alkanes) is 2. The van der Waals surface area contributed by atoms with E-state index in [1.54, 1.807) is 12.1 Å². The number of aldehydes is 1. The lowest BCUT2D eigenvalue weighted by atomic mass is 10.2. The molecule has 0 saturated carbocycles. The van der Waals surface area contributed by atoms with E-state index in [1.165, 1.54) is 7.11 Å². The van der Waals surface area contributed by atoms with Crippen molar-refractivity contribution in [3.63, 3.8) is 0 Å². The van der Waals surface area contributed by atoms with E-state index in [9.17, 15) is 4.79 Å². The van der Waals surface area contributed by atoms with Gasteiger partial charge < -0.3 is 9.47 Å².